The van der Waals surface area contributed by atoms with Gasteiger partial charge in [0.1, 0.15) is 0 Å². The molecule has 0 aliphatic heterocycles. The van der Waals surface area contributed by atoms with Gasteiger partial charge in [0, 0.05) is 24.1 Å². The third-order valence-corrected chi connectivity index (χ3v) is 4.60. The van der Waals surface area contributed by atoms with Crippen LogP contribution in [0.4, 0.5) is 5.69 Å². The molecule has 1 saturated carbocycles. The number of rotatable bonds is 3. The lowest BCUT2D eigenvalue weighted by atomic mass is 9.86. The highest BCUT2D eigenvalue weighted by Gasteiger charge is 2.22. The molecule has 1 aromatic carbocycles. The first-order valence-electron chi connectivity index (χ1n) is 6.58. The third kappa shape index (κ3) is 3.25. The number of halogens is 1. The van der Waals surface area contributed by atoms with E-state index in [9.17, 15) is 0 Å². The molecular weight excluding hydrogens is 274 g/mol. The molecule has 1 fully saturated rings. The van der Waals surface area contributed by atoms with Gasteiger partial charge in [0.2, 0.25) is 0 Å². The fourth-order valence-corrected chi connectivity index (χ4v) is 3.16. The van der Waals surface area contributed by atoms with Crippen molar-refractivity contribution >= 4 is 21.6 Å². The molecule has 0 N–H and O–H groups in total. The lowest BCUT2D eigenvalue weighted by Gasteiger charge is -2.35. The Labute approximate surface area is 113 Å². The van der Waals surface area contributed by atoms with Crippen LogP contribution in [0.1, 0.15) is 38.2 Å². The van der Waals surface area contributed by atoms with Gasteiger partial charge >= 0.3 is 0 Å². The number of hydrogen-bond acceptors (Lipinski definition) is 1. The predicted octanol–water partition coefficient (Wildman–Crippen LogP) is 4.60. The van der Waals surface area contributed by atoms with Crippen molar-refractivity contribution in [2.75, 3.05) is 11.9 Å². The molecule has 1 aliphatic rings. The van der Waals surface area contributed by atoms with Crippen LogP contribution in [-0.4, -0.2) is 13.1 Å². The van der Waals surface area contributed by atoms with Gasteiger partial charge in [0.25, 0.3) is 0 Å². The molecule has 1 aromatic rings. The van der Waals surface area contributed by atoms with E-state index >= 15 is 0 Å². The second kappa shape index (κ2) is 5.90. The Morgan fingerprint density at radius 3 is 2.53 bits per heavy atom. The highest BCUT2D eigenvalue weighted by molar-refractivity contribution is 9.08. The second-order valence-corrected chi connectivity index (χ2v) is 5.90. The monoisotopic (exact) mass is 295 g/mol. The van der Waals surface area contributed by atoms with Crippen LogP contribution >= 0.6 is 15.9 Å². The van der Waals surface area contributed by atoms with Gasteiger partial charge in [0.15, 0.2) is 0 Å². The average molecular weight is 296 g/mol. The summed E-state index contributed by atoms with van der Waals surface area (Å²) in [6, 6.07) is 9.65. The minimum Gasteiger partial charge on any atom is -0.372 e. The second-order valence-electron chi connectivity index (χ2n) is 5.34. The first-order chi connectivity index (χ1) is 8.20. The Balaban J connectivity index is 2.04. The molecule has 1 nitrogen and oxygen atoms in total. The maximum atomic E-state index is 3.49. The summed E-state index contributed by atoms with van der Waals surface area (Å²) in [5.74, 6) is 0.887. The Morgan fingerprint density at radius 1 is 1.24 bits per heavy atom. The van der Waals surface area contributed by atoms with Crippen LogP contribution in [-0.2, 0) is 5.33 Å². The van der Waals surface area contributed by atoms with Gasteiger partial charge in [-0.05, 0) is 36.5 Å². The molecule has 2 rings (SSSR count). The van der Waals surface area contributed by atoms with Crippen LogP contribution in [0.15, 0.2) is 24.3 Å². The van der Waals surface area contributed by atoms with Gasteiger partial charge in [-0.1, -0.05) is 47.8 Å². The number of hydrogen-bond donors (Lipinski definition) is 0. The van der Waals surface area contributed by atoms with Gasteiger partial charge in [-0.25, -0.2) is 0 Å². The number of anilines is 1. The van der Waals surface area contributed by atoms with Gasteiger partial charge in [-0.3, -0.25) is 0 Å². The highest BCUT2D eigenvalue weighted by Crippen LogP contribution is 2.29. The summed E-state index contributed by atoms with van der Waals surface area (Å²) in [5, 5.41) is 0.942. The summed E-state index contributed by atoms with van der Waals surface area (Å²) >= 11 is 3.49. The molecule has 0 spiro atoms. The zero-order valence-electron chi connectivity index (χ0n) is 10.8. The van der Waals surface area contributed by atoms with Crippen LogP contribution < -0.4 is 4.90 Å². The minimum atomic E-state index is 0.730. The van der Waals surface area contributed by atoms with E-state index < -0.39 is 0 Å². The van der Waals surface area contributed by atoms with Crippen molar-refractivity contribution in [3.8, 4) is 0 Å². The summed E-state index contributed by atoms with van der Waals surface area (Å²) in [6.45, 7) is 2.38. The summed E-state index contributed by atoms with van der Waals surface area (Å²) in [5.41, 5.74) is 2.70. The smallest absolute Gasteiger partial charge is 0.0366 e. The van der Waals surface area contributed by atoms with E-state index in [-0.39, 0.29) is 0 Å². The maximum absolute atomic E-state index is 3.49. The molecule has 2 heteroatoms. The summed E-state index contributed by atoms with van der Waals surface area (Å²) in [7, 11) is 2.24. The van der Waals surface area contributed by atoms with E-state index in [2.05, 4.69) is 59.1 Å². The van der Waals surface area contributed by atoms with Crippen molar-refractivity contribution in [3.05, 3.63) is 29.8 Å². The Bertz CT molecular complexity index is 346. The van der Waals surface area contributed by atoms with Gasteiger partial charge in [-0.2, -0.15) is 0 Å². The standard InChI is InChI=1S/C15H22BrN/c1-12-4-3-5-15(10-12)17(2)14-8-6-13(11-16)7-9-14/h6-9,12,15H,3-5,10-11H2,1-2H3. The topological polar surface area (TPSA) is 3.24 Å². The SMILES string of the molecule is CC1CCCC(N(C)c2ccc(CBr)cc2)C1. The lowest BCUT2D eigenvalue weighted by molar-refractivity contribution is 0.336. The lowest BCUT2D eigenvalue weighted by Crippen LogP contribution is -2.35. The van der Waals surface area contributed by atoms with Crippen LogP contribution in [0.3, 0.4) is 0 Å². The zero-order valence-corrected chi connectivity index (χ0v) is 12.4. The van der Waals surface area contributed by atoms with Crippen LogP contribution in [0.25, 0.3) is 0 Å². The third-order valence-electron chi connectivity index (χ3n) is 3.95. The summed E-state index contributed by atoms with van der Waals surface area (Å²) in [6.07, 6.45) is 5.49. The Kier molecular flexibility index (Phi) is 4.49. The van der Waals surface area contributed by atoms with Gasteiger partial charge in [-0.15, -0.1) is 0 Å². The van der Waals surface area contributed by atoms with Crippen molar-refractivity contribution in [2.45, 2.75) is 44.0 Å². The summed E-state index contributed by atoms with van der Waals surface area (Å²) < 4.78 is 0. The molecule has 0 heterocycles. The van der Waals surface area contributed by atoms with Gasteiger partial charge < -0.3 is 4.90 Å². The number of alkyl halides is 1. The van der Waals surface area contributed by atoms with Crippen molar-refractivity contribution in [1.29, 1.82) is 0 Å². The zero-order chi connectivity index (χ0) is 12.3. The predicted molar refractivity (Wildman–Crippen MR) is 78.9 cm³/mol. The van der Waals surface area contributed by atoms with Crippen molar-refractivity contribution in [1.82, 2.24) is 0 Å². The quantitative estimate of drug-likeness (QED) is 0.737. The molecule has 1 aliphatic carbocycles. The maximum Gasteiger partial charge on any atom is 0.0366 e. The Morgan fingerprint density at radius 2 is 1.94 bits per heavy atom. The largest absolute Gasteiger partial charge is 0.372 e. The van der Waals surface area contributed by atoms with E-state index in [0.29, 0.717) is 0 Å². The van der Waals surface area contributed by atoms with E-state index in [1.807, 2.05) is 0 Å². The normalized spacial score (nSPS) is 24.6. The molecule has 2 unspecified atom stereocenters. The average Bonchev–Trinajstić information content (AvgIpc) is 2.38. The molecule has 17 heavy (non-hydrogen) atoms. The van der Waals surface area contributed by atoms with Crippen LogP contribution in [0.2, 0.25) is 0 Å². The first kappa shape index (κ1) is 12.9. The molecule has 0 bridgehead atoms. The van der Waals surface area contributed by atoms with E-state index in [1.165, 1.54) is 36.9 Å². The fraction of sp³-hybridized carbons (Fsp3) is 0.600. The van der Waals surface area contributed by atoms with E-state index in [4.69, 9.17) is 0 Å². The molecule has 2 atom stereocenters. The minimum absolute atomic E-state index is 0.730. The highest BCUT2D eigenvalue weighted by atomic mass is 79.9. The number of nitrogens with zero attached hydrogens (tertiary/aromatic N) is 1. The van der Waals surface area contributed by atoms with Crippen molar-refractivity contribution in [3.63, 3.8) is 0 Å². The molecule has 94 valence electrons. The molecule has 0 aromatic heterocycles. The van der Waals surface area contributed by atoms with Crippen molar-refractivity contribution < 1.29 is 0 Å². The van der Waals surface area contributed by atoms with Gasteiger partial charge in [0.05, 0.1) is 0 Å². The molecule has 0 amide bonds. The fourth-order valence-electron chi connectivity index (χ4n) is 2.78. The molecule has 0 radical (unpaired) electrons. The summed E-state index contributed by atoms with van der Waals surface area (Å²) in [4.78, 5) is 2.47. The molecule has 0 saturated heterocycles. The first-order valence-corrected chi connectivity index (χ1v) is 7.70. The van der Waals surface area contributed by atoms with Crippen LogP contribution in [0, 0.1) is 5.92 Å². The van der Waals surface area contributed by atoms with Crippen molar-refractivity contribution in [2.24, 2.45) is 5.92 Å². The van der Waals surface area contributed by atoms with E-state index in [0.717, 1.165) is 17.3 Å². The number of benzene rings is 1. The van der Waals surface area contributed by atoms with E-state index in [1.54, 1.807) is 0 Å². The Hall–Kier alpha value is -0.500. The molecular formula is C15H22BrN. The van der Waals surface area contributed by atoms with Crippen LogP contribution in [0.5, 0.6) is 0 Å².